The molecular formula is C46H68NO13-. The van der Waals surface area contributed by atoms with Gasteiger partial charge in [-0.25, -0.2) is 0 Å². The lowest BCUT2D eigenvalue weighted by Crippen LogP contribution is -2.71. The van der Waals surface area contributed by atoms with E-state index >= 15 is 0 Å². The average molecular weight is 843 g/mol. The Morgan fingerprint density at radius 3 is 2.40 bits per heavy atom. The minimum Gasteiger partial charge on any atom is -0.852 e. The first-order chi connectivity index (χ1) is 28.9. The molecule has 10 aliphatic rings. The molecule has 0 spiro atoms. The number of methoxy groups -OCH3 is 2. The van der Waals surface area contributed by atoms with Crippen molar-refractivity contribution in [2.24, 2.45) is 23.7 Å². The predicted octanol–water partition coefficient (Wildman–Crippen LogP) is 2.97. The summed E-state index contributed by atoms with van der Waals surface area (Å²) < 4.78 is 52.2. The van der Waals surface area contributed by atoms with Crippen molar-refractivity contribution in [1.82, 2.24) is 5.32 Å². The third-order valence-electron chi connectivity index (χ3n) is 15.7. The molecule has 0 aromatic rings. The number of ether oxygens (including phenoxy) is 8. The van der Waals surface area contributed by atoms with Crippen LogP contribution < -0.4 is 10.4 Å². The van der Waals surface area contributed by atoms with Crippen LogP contribution in [0.1, 0.15) is 109 Å². The smallest absolute Gasteiger partial charge is 0.249 e. The fourth-order valence-corrected chi connectivity index (χ4v) is 12.1. The van der Waals surface area contributed by atoms with Crippen LogP contribution in [0.4, 0.5) is 0 Å². The highest BCUT2D eigenvalue weighted by Gasteiger charge is 2.61. The number of carbonyl (C=O) groups is 2. The van der Waals surface area contributed by atoms with Gasteiger partial charge in [-0.2, -0.15) is 0 Å². The molecule has 2 aliphatic carbocycles. The maximum atomic E-state index is 14.3. The Morgan fingerprint density at radius 2 is 1.62 bits per heavy atom. The van der Waals surface area contributed by atoms with Crippen LogP contribution in [0.15, 0.2) is 24.3 Å². The molecule has 2 unspecified atom stereocenters. The highest BCUT2D eigenvalue weighted by molar-refractivity contribution is 5.81. The van der Waals surface area contributed by atoms with Crippen LogP contribution in [0.5, 0.6) is 0 Å². The van der Waals surface area contributed by atoms with Gasteiger partial charge in [-0.3, -0.25) is 9.59 Å². The third-order valence-corrected chi connectivity index (χ3v) is 15.7. The van der Waals surface area contributed by atoms with Crippen molar-refractivity contribution in [3.8, 4) is 0 Å². The highest BCUT2D eigenvalue weighted by Crippen LogP contribution is 2.53. The van der Waals surface area contributed by atoms with E-state index in [9.17, 15) is 24.9 Å². The average Bonchev–Trinajstić information content (AvgIpc) is 3.93. The van der Waals surface area contributed by atoms with Crippen LogP contribution in [0, 0.1) is 23.7 Å². The van der Waals surface area contributed by atoms with E-state index in [2.05, 4.69) is 18.5 Å². The van der Waals surface area contributed by atoms with Crippen molar-refractivity contribution < 1.29 is 62.8 Å². The first kappa shape index (κ1) is 43.4. The molecule has 8 saturated heterocycles. The van der Waals surface area contributed by atoms with Crippen molar-refractivity contribution in [1.29, 1.82) is 0 Å². The molecule has 8 heterocycles. The van der Waals surface area contributed by atoms with Crippen molar-refractivity contribution in [3.63, 3.8) is 0 Å². The Labute approximate surface area is 354 Å². The molecule has 14 nitrogen and oxygen atoms in total. The Balaban J connectivity index is 0.948. The minimum atomic E-state index is -1.62. The van der Waals surface area contributed by atoms with Crippen molar-refractivity contribution >= 4 is 11.7 Å². The van der Waals surface area contributed by atoms with Crippen LogP contribution in [0.25, 0.3) is 0 Å². The van der Waals surface area contributed by atoms with Crippen LogP contribution in [-0.4, -0.2) is 140 Å². The Kier molecular flexibility index (Phi) is 13.0. The van der Waals surface area contributed by atoms with Gasteiger partial charge in [0.05, 0.1) is 73.2 Å². The second-order valence-corrected chi connectivity index (χ2v) is 19.8. The Bertz CT molecular complexity index is 1590. The maximum absolute atomic E-state index is 14.3. The first-order valence-corrected chi connectivity index (χ1v) is 23.1. The summed E-state index contributed by atoms with van der Waals surface area (Å²) in [5.74, 6) is -2.45. The van der Waals surface area contributed by atoms with Crippen molar-refractivity contribution in [2.45, 2.75) is 207 Å². The molecule has 2 saturated carbocycles. The van der Waals surface area contributed by atoms with Gasteiger partial charge in [0, 0.05) is 64.7 Å². The van der Waals surface area contributed by atoms with Gasteiger partial charge in [-0.15, -0.1) is 6.10 Å². The van der Waals surface area contributed by atoms with Gasteiger partial charge >= 0.3 is 0 Å². The molecule has 19 atom stereocenters. The van der Waals surface area contributed by atoms with Crippen LogP contribution in [0.3, 0.4) is 0 Å². The quantitative estimate of drug-likeness (QED) is 0.304. The van der Waals surface area contributed by atoms with Crippen LogP contribution in [-0.2, 0) is 47.5 Å². The molecular weight excluding hydrogens is 774 g/mol. The number of hydrogen-bond acceptors (Lipinski definition) is 13. The van der Waals surface area contributed by atoms with Crippen molar-refractivity contribution in [3.05, 3.63) is 24.3 Å². The molecule has 0 radical (unpaired) electrons. The Hall–Kier alpha value is -1.82. The highest BCUT2D eigenvalue weighted by atomic mass is 16.7. The molecule has 11 bridgehead atoms. The lowest BCUT2D eigenvalue weighted by Gasteiger charge is -2.63. The van der Waals surface area contributed by atoms with Crippen LogP contribution >= 0.6 is 0 Å². The molecule has 8 aliphatic heterocycles. The first-order valence-electron chi connectivity index (χ1n) is 23.1. The summed E-state index contributed by atoms with van der Waals surface area (Å²) in [4.78, 5) is 26.9. The molecule has 336 valence electrons. The zero-order valence-electron chi connectivity index (χ0n) is 35.5. The van der Waals surface area contributed by atoms with E-state index in [1.807, 2.05) is 0 Å². The lowest BCUT2D eigenvalue weighted by atomic mass is 9.61. The molecule has 10 fully saturated rings. The van der Waals surface area contributed by atoms with Gasteiger partial charge < -0.3 is 58.5 Å². The van der Waals surface area contributed by atoms with Gasteiger partial charge in [0.25, 0.3) is 0 Å². The number of aliphatic hydroxyl groups is 2. The number of nitrogens with one attached hydrogen (secondary N) is 1. The maximum Gasteiger partial charge on any atom is 0.249 e. The van der Waals surface area contributed by atoms with E-state index in [0.717, 1.165) is 49.7 Å². The number of rotatable bonds is 8. The van der Waals surface area contributed by atoms with E-state index < -0.39 is 54.4 Å². The van der Waals surface area contributed by atoms with Crippen molar-refractivity contribution in [2.75, 3.05) is 20.8 Å². The van der Waals surface area contributed by atoms with E-state index in [4.69, 9.17) is 37.9 Å². The molecule has 3 N–H and O–H groups in total. The fourth-order valence-electron chi connectivity index (χ4n) is 12.1. The third kappa shape index (κ3) is 9.09. The SMILES string of the molecule is C=C1C[C@@H]2CC[C@@]3(O)C[C@@H]([O-])[C@@H]4CC5C4O[C@H]4CC[C@H](CC(=O)C[C@@H]6[C@@H](OC)[C@@H](C[C@@H](CNC(=O)[C@H](O)C7CC7)OC)O[C@H]6C[C@H]6O[C@H](CCC6=C)CC[C@@H]1O2)O[C@@H]4[C@@H]5O3. The number of ketones is 1. The Morgan fingerprint density at radius 1 is 0.833 bits per heavy atom. The minimum absolute atomic E-state index is 0.00948. The zero-order valence-corrected chi connectivity index (χ0v) is 35.5. The summed E-state index contributed by atoms with van der Waals surface area (Å²) in [6.07, 6.45) is 3.87. The monoisotopic (exact) mass is 842 g/mol. The number of carbonyl (C=O) groups excluding carboxylic acids is 2. The molecule has 0 aromatic carbocycles. The van der Waals surface area contributed by atoms with Gasteiger partial charge in [-0.05, 0) is 100 Å². The van der Waals surface area contributed by atoms with E-state index in [0.29, 0.717) is 44.9 Å². The van der Waals surface area contributed by atoms with Gasteiger partial charge in [-0.1, -0.05) is 13.2 Å². The van der Waals surface area contributed by atoms with Gasteiger partial charge in [0.2, 0.25) is 5.91 Å². The summed E-state index contributed by atoms with van der Waals surface area (Å²) in [7, 11) is 3.25. The summed E-state index contributed by atoms with van der Waals surface area (Å²) >= 11 is 0. The van der Waals surface area contributed by atoms with Gasteiger partial charge in [0.1, 0.15) is 18.0 Å². The summed E-state index contributed by atoms with van der Waals surface area (Å²) in [5.41, 5.74) is 2.05. The second-order valence-electron chi connectivity index (χ2n) is 19.8. The number of hydrogen-bond donors (Lipinski definition) is 3. The number of amides is 1. The zero-order chi connectivity index (χ0) is 41.9. The summed E-state index contributed by atoms with van der Waals surface area (Å²) in [6.45, 7) is 8.99. The predicted molar refractivity (Wildman–Crippen MR) is 213 cm³/mol. The second kappa shape index (κ2) is 18.0. The fraction of sp³-hybridized carbons (Fsp3) is 0.870. The topological polar surface area (TPSA) is 184 Å². The summed E-state index contributed by atoms with van der Waals surface area (Å²) in [6, 6.07) is 0. The molecule has 14 heteroatoms. The lowest BCUT2D eigenvalue weighted by molar-refractivity contribution is -0.483. The number of fused-ring (bicyclic) bond motifs is 7. The molecule has 10 rings (SSSR count). The largest absolute Gasteiger partial charge is 0.852 e. The molecule has 0 aromatic heterocycles. The number of Topliss-reactive ketones (excluding diaryl/α,β-unsaturated/α-hetero) is 1. The van der Waals surface area contributed by atoms with Crippen LogP contribution in [0.2, 0.25) is 0 Å². The summed E-state index contributed by atoms with van der Waals surface area (Å²) in [5, 5.41) is 38.9. The number of aliphatic hydroxyl groups excluding tert-OH is 1. The molecule has 60 heavy (non-hydrogen) atoms. The molecule has 1 amide bonds. The van der Waals surface area contributed by atoms with E-state index in [1.54, 1.807) is 14.2 Å². The standard InChI is InChI=1S/C46H68NO13/c1-23-5-8-27-9-11-35-24(2)15-29(56-35)13-14-46(52)21-34(49)31-19-33-41(31)59-36-12-10-28(57-44(36)43(33)60-46)16-26(48)17-32-38(20-37(23)55-27)58-39(42(32)54-4)18-30(53-3)22-47-45(51)40(50)25-6-7-25/h25,27-44,50,52H,1-2,5-22H2,3-4H3,(H,47,51)/q-1/t27-,28-,29+,30+,31+,32+,33?,34-,35+,36+,37-,38+,39-,40-,41?,42-,43-,44+,46+/m1/s1. The van der Waals surface area contributed by atoms with E-state index in [-0.39, 0.29) is 111 Å². The van der Waals surface area contributed by atoms with Gasteiger partial charge in [0.15, 0.2) is 5.79 Å². The van der Waals surface area contributed by atoms with E-state index in [1.165, 1.54) is 0 Å². The normalized spacial score (nSPS) is 46.9.